The lowest BCUT2D eigenvalue weighted by Gasteiger charge is -2.27. The molecule has 1 amide bonds. The number of amides is 1. The summed E-state index contributed by atoms with van der Waals surface area (Å²) in [6.07, 6.45) is -0.663. The normalized spacial score (nSPS) is 27.2. The van der Waals surface area contributed by atoms with Crippen molar-refractivity contribution in [3.8, 4) is 0 Å². The van der Waals surface area contributed by atoms with E-state index in [9.17, 15) is 4.79 Å². The Bertz CT molecular complexity index is 243. The van der Waals surface area contributed by atoms with E-state index in [1.165, 1.54) is 0 Å². The van der Waals surface area contributed by atoms with Gasteiger partial charge in [0.25, 0.3) is 0 Å². The molecule has 16 heavy (non-hydrogen) atoms. The van der Waals surface area contributed by atoms with Gasteiger partial charge in [-0.1, -0.05) is 0 Å². The van der Waals surface area contributed by atoms with Crippen LogP contribution in [0.4, 0.5) is 4.79 Å². The molecular formula is C10H18N2O4. The van der Waals surface area contributed by atoms with Crippen molar-refractivity contribution < 1.29 is 19.4 Å². The molecule has 2 aliphatic rings. The molecule has 1 N–H and O–H groups in total. The highest BCUT2D eigenvalue weighted by atomic mass is 16.6. The Morgan fingerprint density at radius 1 is 1.31 bits per heavy atom. The van der Waals surface area contributed by atoms with Gasteiger partial charge in [0.05, 0.1) is 26.4 Å². The number of aliphatic hydroxyl groups is 1. The molecule has 2 saturated heterocycles. The number of hydrogen-bond donors (Lipinski definition) is 1. The maximum absolute atomic E-state index is 11.4. The van der Waals surface area contributed by atoms with Crippen molar-refractivity contribution in [2.75, 3.05) is 52.5 Å². The molecule has 0 unspecified atom stereocenters. The number of morpholine rings is 1. The van der Waals surface area contributed by atoms with Crippen molar-refractivity contribution in [2.45, 2.75) is 6.10 Å². The molecule has 2 aliphatic heterocycles. The standard InChI is InChI=1S/C10H18N2O4/c13-8-9-7-12(10(14)16-9)2-1-11-3-5-15-6-4-11/h9,13H,1-8H2/t9-/m1/s1. The summed E-state index contributed by atoms with van der Waals surface area (Å²) < 4.78 is 10.2. The van der Waals surface area contributed by atoms with Crippen LogP contribution in [0.2, 0.25) is 0 Å². The fraction of sp³-hybridized carbons (Fsp3) is 0.900. The number of hydrogen-bond acceptors (Lipinski definition) is 5. The second-order valence-corrected chi connectivity index (χ2v) is 4.09. The highest BCUT2D eigenvalue weighted by molar-refractivity contribution is 5.69. The molecule has 6 heteroatoms. The van der Waals surface area contributed by atoms with E-state index in [2.05, 4.69) is 4.90 Å². The summed E-state index contributed by atoms with van der Waals surface area (Å²) in [5, 5.41) is 8.89. The third-order valence-electron chi connectivity index (χ3n) is 2.94. The number of rotatable bonds is 4. The van der Waals surface area contributed by atoms with Crippen molar-refractivity contribution >= 4 is 6.09 Å². The number of carbonyl (C=O) groups is 1. The lowest BCUT2D eigenvalue weighted by Crippen LogP contribution is -2.41. The summed E-state index contributed by atoms with van der Waals surface area (Å²) in [5.74, 6) is 0. The van der Waals surface area contributed by atoms with Gasteiger partial charge in [-0.2, -0.15) is 0 Å². The smallest absolute Gasteiger partial charge is 0.410 e. The number of ether oxygens (including phenoxy) is 2. The average Bonchev–Trinajstić information content (AvgIpc) is 2.69. The maximum atomic E-state index is 11.4. The van der Waals surface area contributed by atoms with Crippen LogP contribution < -0.4 is 0 Å². The van der Waals surface area contributed by atoms with E-state index >= 15 is 0 Å². The van der Waals surface area contributed by atoms with Crippen LogP contribution in [0.5, 0.6) is 0 Å². The van der Waals surface area contributed by atoms with E-state index in [1.54, 1.807) is 4.90 Å². The second-order valence-electron chi connectivity index (χ2n) is 4.09. The van der Waals surface area contributed by atoms with Gasteiger partial charge in [-0.05, 0) is 0 Å². The van der Waals surface area contributed by atoms with E-state index < -0.39 is 0 Å². The molecule has 0 bridgehead atoms. The van der Waals surface area contributed by atoms with Crippen LogP contribution in [-0.4, -0.2) is 79.6 Å². The van der Waals surface area contributed by atoms with Crippen LogP contribution in [0, 0.1) is 0 Å². The Morgan fingerprint density at radius 3 is 2.69 bits per heavy atom. The molecule has 0 aromatic rings. The quantitative estimate of drug-likeness (QED) is 0.680. The minimum absolute atomic E-state index is 0.0974. The Morgan fingerprint density at radius 2 is 2.06 bits per heavy atom. The van der Waals surface area contributed by atoms with Crippen LogP contribution in [0.1, 0.15) is 0 Å². The Labute approximate surface area is 94.7 Å². The van der Waals surface area contributed by atoms with Crippen LogP contribution in [0.25, 0.3) is 0 Å². The summed E-state index contributed by atoms with van der Waals surface area (Å²) >= 11 is 0. The van der Waals surface area contributed by atoms with Crippen molar-refractivity contribution in [3.05, 3.63) is 0 Å². The Hall–Kier alpha value is -0.850. The predicted molar refractivity (Wildman–Crippen MR) is 56.2 cm³/mol. The van der Waals surface area contributed by atoms with Crippen molar-refractivity contribution in [1.29, 1.82) is 0 Å². The van der Waals surface area contributed by atoms with E-state index in [0.29, 0.717) is 13.1 Å². The van der Waals surface area contributed by atoms with Gasteiger partial charge in [0.1, 0.15) is 6.10 Å². The summed E-state index contributed by atoms with van der Waals surface area (Å²) in [6.45, 7) is 5.29. The maximum Gasteiger partial charge on any atom is 0.410 e. The van der Waals surface area contributed by atoms with Gasteiger partial charge in [0, 0.05) is 26.2 Å². The minimum Gasteiger partial charge on any atom is -0.442 e. The average molecular weight is 230 g/mol. The molecule has 1 atom stereocenters. The van der Waals surface area contributed by atoms with E-state index in [1.807, 2.05) is 0 Å². The molecule has 0 aliphatic carbocycles. The molecule has 0 spiro atoms. The van der Waals surface area contributed by atoms with Crippen LogP contribution >= 0.6 is 0 Å². The van der Waals surface area contributed by atoms with Gasteiger partial charge in [0.15, 0.2) is 0 Å². The third-order valence-corrected chi connectivity index (χ3v) is 2.94. The van der Waals surface area contributed by atoms with Crippen LogP contribution in [0.3, 0.4) is 0 Å². The fourth-order valence-electron chi connectivity index (χ4n) is 1.94. The number of carbonyl (C=O) groups excluding carboxylic acids is 1. The van der Waals surface area contributed by atoms with E-state index in [4.69, 9.17) is 14.6 Å². The topological polar surface area (TPSA) is 62.2 Å². The Balaban J connectivity index is 1.71. The molecule has 92 valence electrons. The largest absolute Gasteiger partial charge is 0.442 e. The first-order valence-corrected chi connectivity index (χ1v) is 5.66. The lowest BCUT2D eigenvalue weighted by atomic mass is 10.3. The highest BCUT2D eigenvalue weighted by Crippen LogP contribution is 2.10. The molecule has 0 aromatic carbocycles. The van der Waals surface area contributed by atoms with Crippen LogP contribution in [0.15, 0.2) is 0 Å². The fourth-order valence-corrected chi connectivity index (χ4v) is 1.94. The SMILES string of the molecule is O=C1O[C@@H](CO)CN1CCN1CCOCC1. The summed E-state index contributed by atoms with van der Waals surface area (Å²) in [5.41, 5.74) is 0. The third kappa shape index (κ3) is 2.84. The molecule has 2 heterocycles. The minimum atomic E-state index is -0.350. The number of nitrogens with zero attached hydrogens (tertiary/aromatic N) is 2. The van der Waals surface area contributed by atoms with E-state index in [0.717, 1.165) is 32.8 Å². The van der Waals surface area contributed by atoms with Crippen LogP contribution in [-0.2, 0) is 9.47 Å². The molecule has 0 radical (unpaired) electrons. The molecular weight excluding hydrogens is 212 g/mol. The van der Waals surface area contributed by atoms with Gasteiger partial charge in [-0.25, -0.2) is 4.79 Å². The van der Waals surface area contributed by atoms with Crippen molar-refractivity contribution in [3.63, 3.8) is 0 Å². The predicted octanol–water partition coefficient (Wildman–Crippen LogP) is -0.868. The van der Waals surface area contributed by atoms with Gasteiger partial charge in [0.2, 0.25) is 0 Å². The van der Waals surface area contributed by atoms with Crippen molar-refractivity contribution in [2.24, 2.45) is 0 Å². The summed E-state index contributed by atoms with van der Waals surface area (Å²) in [6, 6.07) is 0. The van der Waals surface area contributed by atoms with Gasteiger partial charge in [-0.15, -0.1) is 0 Å². The molecule has 0 aromatic heterocycles. The highest BCUT2D eigenvalue weighted by Gasteiger charge is 2.30. The first kappa shape index (κ1) is 11.6. The molecule has 2 rings (SSSR count). The zero-order valence-electron chi connectivity index (χ0n) is 9.30. The second kappa shape index (κ2) is 5.47. The summed E-state index contributed by atoms with van der Waals surface area (Å²) in [4.78, 5) is 15.3. The first-order valence-electron chi connectivity index (χ1n) is 5.66. The number of aliphatic hydroxyl groups excluding tert-OH is 1. The zero-order valence-corrected chi connectivity index (χ0v) is 9.30. The Kier molecular flexibility index (Phi) is 3.98. The van der Waals surface area contributed by atoms with Gasteiger partial charge >= 0.3 is 6.09 Å². The zero-order chi connectivity index (χ0) is 11.4. The lowest BCUT2D eigenvalue weighted by molar-refractivity contribution is 0.0353. The monoisotopic (exact) mass is 230 g/mol. The van der Waals surface area contributed by atoms with Crippen molar-refractivity contribution in [1.82, 2.24) is 9.80 Å². The first-order chi connectivity index (χ1) is 7.79. The summed E-state index contributed by atoms with van der Waals surface area (Å²) in [7, 11) is 0. The number of cyclic esters (lactones) is 1. The molecule has 6 nitrogen and oxygen atoms in total. The molecule has 2 fully saturated rings. The van der Waals surface area contributed by atoms with Gasteiger partial charge < -0.3 is 19.5 Å². The molecule has 0 saturated carbocycles. The van der Waals surface area contributed by atoms with Gasteiger partial charge in [-0.3, -0.25) is 4.90 Å². The van der Waals surface area contributed by atoms with E-state index in [-0.39, 0.29) is 18.8 Å².